The fourth-order valence-electron chi connectivity index (χ4n) is 4.80. The fraction of sp³-hybridized carbons (Fsp3) is 0.323. The third-order valence-corrected chi connectivity index (χ3v) is 9.85. The summed E-state index contributed by atoms with van der Waals surface area (Å²) in [4.78, 5) is 41.8. The first kappa shape index (κ1) is 31.5. The molecule has 1 N–H and O–H groups in total. The highest BCUT2D eigenvalue weighted by atomic mass is 35.5. The van der Waals surface area contributed by atoms with Gasteiger partial charge in [-0.3, -0.25) is 14.4 Å². The molecule has 0 fully saturated rings. The predicted octanol–water partition coefficient (Wildman–Crippen LogP) is 5.47. The number of sulfonamides is 1. The summed E-state index contributed by atoms with van der Waals surface area (Å²) in [5.41, 5.74) is 1.68. The molecule has 0 aromatic heterocycles. The van der Waals surface area contributed by atoms with Gasteiger partial charge < -0.3 is 10.2 Å². The van der Waals surface area contributed by atoms with Crippen LogP contribution >= 0.6 is 23.2 Å². The number of fused-ring (bicyclic) bond motifs is 1. The van der Waals surface area contributed by atoms with E-state index in [4.69, 9.17) is 23.2 Å². The zero-order valence-electron chi connectivity index (χ0n) is 23.4. The molecule has 0 bridgehead atoms. The number of rotatable bonds is 12. The average Bonchev–Trinajstić information content (AvgIpc) is 3.17. The van der Waals surface area contributed by atoms with Gasteiger partial charge in [0.1, 0.15) is 10.9 Å². The van der Waals surface area contributed by atoms with Crippen LogP contribution in [0.25, 0.3) is 0 Å². The monoisotopic (exact) mass is 629 g/mol. The predicted molar refractivity (Wildman–Crippen MR) is 163 cm³/mol. The summed E-state index contributed by atoms with van der Waals surface area (Å²) in [7, 11) is -3.99. The van der Waals surface area contributed by atoms with Crippen LogP contribution in [0.2, 0.25) is 10.0 Å². The second-order valence-electron chi connectivity index (χ2n) is 10.3. The molecule has 11 heteroatoms. The molecule has 3 amide bonds. The second-order valence-corrected chi connectivity index (χ2v) is 12.9. The van der Waals surface area contributed by atoms with Crippen molar-refractivity contribution < 1.29 is 22.8 Å². The van der Waals surface area contributed by atoms with Crippen LogP contribution < -0.4 is 5.32 Å². The number of nitrogens with zero attached hydrogens (tertiary/aromatic N) is 2. The Morgan fingerprint density at radius 3 is 2.31 bits per heavy atom. The summed E-state index contributed by atoms with van der Waals surface area (Å²) < 4.78 is 26.8. The third kappa shape index (κ3) is 7.14. The molecule has 8 nitrogen and oxygen atoms in total. The molecule has 2 atom stereocenters. The van der Waals surface area contributed by atoms with Gasteiger partial charge in [0.05, 0.1) is 15.6 Å². The number of hydrogen-bond donors (Lipinski definition) is 1. The van der Waals surface area contributed by atoms with E-state index in [-0.39, 0.29) is 60.7 Å². The number of amides is 3. The topological polar surface area (TPSA) is 104 Å². The Bertz CT molecular complexity index is 1570. The molecule has 3 aromatic rings. The van der Waals surface area contributed by atoms with Crippen molar-refractivity contribution in [2.45, 2.75) is 63.1 Å². The highest BCUT2D eigenvalue weighted by Gasteiger charge is 2.40. The highest BCUT2D eigenvalue weighted by molar-refractivity contribution is 7.90. The van der Waals surface area contributed by atoms with E-state index >= 15 is 0 Å². The van der Waals surface area contributed by atoms with Crippen LogP contribution in [0.4, 0.5) is 0 Å². The Morgan fingerprint density at radius 1 is 0.952 bits per heavy atom. The lowest BCUT2D eigenvalue weighted by Gasteiger charge is -2.32. The molecule has 0 saturated carbocycles. The first-order chi connectivity index (χ1) is 20.0. The molecule has 3 aromatic carbocycles. The minimum Gasteiger partial charge on any atom is -0.352 e. The van der Waals surface area contributed by atoms with Crippen LogP contribution in [0.5, 0.6) is 0 Å². The molecule has 42 heavy (non-hydrogen) atoms. The normalized spacial score (nSPS) is 15.1. The van der Waals surface area contributed by atoms with Crippen molar-refractivity contribution in [2.75, 3.05) is 6.54 Å². The summed E-state index contributed by atoms with van der Waals surface area (Å²) in [6.45, 7) is 3.77. The Morgan fingerprint density at radius 2 is 1.64 bits per heavy atom. The molecule has 0 radical (unpaired) electrons. The molecule has 1 aliphatic heterocycles. The van der Waals surface area contributed by atoms with E-state index in [1.165, 1.54) is 17.0 Å². The molecule has 1 heterocycles. The van der Waals surface area contributed by atoms with Gasteiger partial charge >= 0.3 is 0 Å². The zero-order chi connectivity index (χ0) is 30.4. The van der Waals surface area contributed by atoms with Gasteiger partial charge in [-0.25, -0.2) is 12.7 Å². The lowest BCUT2D eigenvalue weighted by molar-refractivity contribution is -0.141. The van der Waals surface area contributed by atoms with Gasteiger partial charge in [-0.15, -0.1) is 0 Å². The first-order valence-electron chi connectivity index (χ1n) is 13.8. The number of carbonyl (C=O) groups is 3. The minimum absolute atomic E-state index is 0.0350. The number of nitrogens with one attached hydrogen (secondary N) is 1. The molecule has 1 aliphatic rings. The van der Waals surface area contributed by atoms with Crippen LogP contribution in [0.3, 0.4) is 0 Å². The van der Waals surface area contributed by atoms with Gasteiger partial charge in [0.2, 0.25) is 11.8 Å². The molecule has 0 aliphatic carbocycles. The maximum Gasteiger partial charge on any atom is 0.269 e. The smallest absolute Gasteiger partial charge is 0.269 e. The Balaban J connectivity index is 1.59. The number of carbonyl (C=O) groups excluding carboxylic acids is 3. The molecule has 4 rings (SSSR count). The van der Waals surface area contributed by atoms with E-state index in [0.29, 0.717) is 22.0 Å². The lowest BCUT2D eigenvalue weighted by Crippen LogP contribution is -2.52. The van der Waals surface area contributed by atoms with E-state index in [1.54, 1.807) is 30.3 Å². The fourth-order valence-corrected chi connectivity index (χ4v) is 6.73. The minimum atomic E-state index is -3.99. The van der Waals surface area contributed by atoms with Gasteiger partial charge in [-0.05, 0) is 55.2 Å². The largest absolute Gasteiger partial charge is 0.352 e. The van der Waals surface area contributed by atoms with Crippen LogP contribution in [-0.2, 0) is 32.6 Å². The summed E-state index contributed by atoms with van der Waals surface area (Å²) in [6, 6.07) is 19.5. The second kappa shape index (κ2) is 13.7. The third-order valence-electron chi connectivity index (χ3n) is 7.27. The van der Waals surface area contributed by atoms with Crippen molar-refractivity contribution in [3.05, 3.63) is 99.5 Å². The standard InChI is InChI=1S/C31H33Cl2N3O5S/c1-3-21(2)34-30(38)27(19-22-10-5-4-6-11-22)35(20-23-15-16-25(32)26(33)18-23)29(37)14-9-17-36-31(39)24-12-7-8-13-28(24)42(36,40)41/h4-8,10-13,15-16,18,21,27H,3,9,14,17,19-20H2,1-2H3,(H,34,38)/t21-,27+/m1/s1. The van der Waals surface area contributed by atoms with Crippen molar-refractivity contribution in [1.29, 1.82) is 0 Å². The Kier molecular flexibility index (Phi) is 10.3. The molecule has 0 saturated heterocycles. The van der Waals surface area contributed by atoms with Gasteiger partial charge in [-0.1, -0.05) is 78.7 Å². The van der Waals surface area contributed by atoms with E-state index in [0.717, 1.165) is 9.87 Å². The maximum atomic E-state index is 13.9. The number of hydrogen-bond acceptors (Lipinski definition) is 5. The molecular weight excluding hydrogens is 597 g/mol. The van der Waals surface area contributed by atoms with Gasteiger partial charge in [-0.2, -0.15) is 0 Å². The quantitative estimate of drug-likeness (QED) is 0.286. The SMILES string of the molecule is CC[C@@H](C)NC(=O)[C@H](Cc1ccccc1)N(Cc1ccc(Cl)c(Cl)c1)C(=O)CCCN1C(=O)c2ccccc2S1(=O)=O. The summed E-state index contributed by atoms with van der Waals surface area (Å²) in [6.07, 6.45) is 0.981. The van der Waals surface area contributed by atoms with Crippen molar-refractivity contribution in [2.24, 2.45) is 0 Å². The Labute approximate surface area is 256 Å². The van der Waals surface area contributed by atoms with Crippen molar-refractivity contribution >= 4 is 50.9 Å². The highest BCUT2D eigenvalue weighted by Crippen LogP contribution is 2.30. The summed E-state index contributed by atoms with van der Waals surface area (Å²) >= 11 is 12.4. The van der Waals surface area contributed by atoms with E-state index in [1.807, 2.05) is 44.2 Å². The molecular formula is C31H33Cl2N3O5S. The van der Waals surface area contributed by atoms with Gasteiger partial charge in [0.15, 0.2) is 0 Å². The van der Waals surface area contributed by atoms with Crippen molar-refractivity contribution in [3.63, 3.8) is 0 Å². The van der Waals surface area contributed by atoms with Gasteiger partial charge in [0, 0.05) is 32.0 Å². The van der Waals surface area contributed by atoms with Crippen LogP contribution in [0, 0.1) is 0 Å². The lowest BCUT2D eigenvalue weighted by atomic mass is 10.0. The Hall–Kier alpha value is -3.40. The van der Waals surface area contributed by atoms with E-state index in [2.05, 4.69) is 5.32 Å². The maximum absolute atomic E-state index is 13.9. The average molecular weight is 631 g/mol. The summed E-state index contributed by atoms with van der Waals surface area (Å²) in [5, 5.41) is 3.70. The van der Waals surface area contributed by atoms with Crippen LogP contribution in [-0.4, -0.2) is 54.0 Å². The number of halogens is 2. The zero-order valence-corrected chi connectivity index (χ0v) is 25.8. The van der Waals surface area contributed by atoms with E-state index < -0.39 is 22.0 Å². The van der Waals surface area contributed by atoms with Crippen LogP contribution in [0.1, 0.15) is 54.6 Å². The van der Waals surface area contributed by atoms with Crippen molar-refractivity contribution in [1.82, 2.24) is 14.5 Å². The molecule has 222 valence electrons. The van der Waals surface area contributed by atoms with Gasteiger partial charge in [0.25, 0.3) is 15.9 Å². The first-order valence-corrected chi connectivity index (χ1v) is 16.0. The number of benzene rings is 3. The van der Waals surface area contributed by atoms with E-state index in [9.17, 15) is 22.8 Å². The van der Waals surface area contributed by atoms with Crippen molar-refractivity contribution in [3.8, 4) is 0 Å². The van der Waals surface area contributed by atoms with Crippen LogP contribution in [0.15, 0.2) is 77.7 Å². The molecule has 0 unspecified atom stereocenters. The summed E-state index contributed by atoms with van der Waals surface area (Å²) in [5.74, 6) is -1.27. The molecule has 0 spiro atoms.